The van der Waals surface area contributed by atoms with E-state index in [1.165, 1.54) is 12.8 Å². The molecule has 0 bridgehead atoms. The number of carbonyl (C=O) groups excluding carboxylic acids is 1. The van der Waals surface area contributed by atoms with Gasteiger partial charge in [0.25, 0.3) is 5.91 Å². The number of nitrogens with zero attached hydrogens (tertiary/aromatic N) is 3. The summed E-state index contributed by atoms with van der Waals surface area (Å²) in [6.07, 6.45) is 7.69. The molecule has 0 unspecified atom stereocenters. The Labute approximate surface area is 141 Å². The number of ether oxygens (including phenoxy) is 1. The molecule has 1 aliphatic rings. The molecule has 2 aromatic rings. The fraction of sp³-hybridized carbons (Fsp3) is 0.389. The van der Waals surface area contributed by atoms with Gasteiger partial charge in [-0.2, -0.15) is 0 Å². The molecule has 1 aromatic heterocycles. The summed E-state index contributed by atoms with van der Waals surface area (Å²) in [5.41, 5.74) is 1.31. The highest BCUT2D eigenvalue weighted by atomic mass is 16.5. The summed E-state index contributed by atoms with van der Waals surface area (Å²) in [6.45, 7) is 1.64. The first kappa shape index (κ1) is 16.2. The monoisotopic (exact) mass is 326 g/mol. The Hall–Kier alpha value is -2.63. The number of hydrogen-bond donors (Lipinski definition) is 1. The van der Waals surface area contributed by atoms with Crippen molar-refractivity contribution in [1.29, 1.82) is 0 Å². The lowest BCUT2D eigenvalue weighted by atomic mass is 10.2. The van der Waals surface area contributed by atoms with Crippen LogP contribution in [0.5, 0.6) is 5.75 Å². The van der Waals surface area contributed by atoms with Gasteiger partial charge in [-0.25, -0.2) is 9.97 Å². The topological polar surface area (TPSA) is 67.3 Å². The van der Waals surface area contributed by atoms with E-state index in [1.807, 2.05) is 29.2 Å². The predicted octanol–water partition coefficient (Wildman–Crippen LogP) is 3.25. The van der Waals surface area contributed by atoms with E-state index in [0.717, 1.165) is 31.6 Å². The molecule has 0 atom stereocenters. The van der Waals surface area contributed by atoms with Crippen molar-refractivity contribution in [1.82, 2.24) is 14.9 Å². The second-order valence-electron chi connectivity index (χ2n) is 5.83. The van der Waals surface area contributed by atoms with Crippen LogP contribution >= 0.6 is 0 Å². The minimum atomic E-state index is 0.0146. The molecule has 6 heteroatoms. The van der Waals surface area contributed by atoms with Crippen molar-refractivity contribution in [3.63, 3.8) is 0 Å². The molecule has 3 rings (SSSR count). The zero-order valence-corrected chi connectivity index (χ0v) is 13.9. The molecular weight excluding hydrogens is 304 g/mol. The average Bonchev–Trinajstić information content (AvgIpc) is 2.92. The van der Waals surface area contributed by atoms with Crippen LogP contribution in [0.4, 0.5) is 11.6 Å². The van der Waals surface area contributed by atoms with Gasteiger partial charge in [-0.1, -0.05) is 25.0 Å². The number of likely N-dealkylation sites (tertiary alicyclic amines) is 1. The van der Waals surface area contributed by atoms with Gasteiger partial charge in [0.05, 0.1) is 18.4 Å². The van der Waals surface area contributed by atoms with Gasteiger partial charge in [-0.05, 0) is 25.0 Å². The summed E-state index contributed by atoms with van der Waals surface area (Å²) in [5, 5.41) is 3.11. The molecule has 0 radical (unpaired) electrons. The SMILES string of the molecule is COc1ccccc1Nc1ncc(C(=O)N2CCCCCC2)cn1. The molecule has 1 fully saturated rings. The van der Waals surface area contributed by atoms with Crippen molar-refractivity contribution in [3.05, 3.63) is 42.2 Å². The smallest absolute Gasteiger partial charge is 0.256 e. The highest BCUT2D eigenvalue weighted by Gasteiger charge is 2.18. The average molecular weight is 326 g/mol. The van der Waals surface area contributed by atoms with Gasteiger partial charge in [0.1, 0.15) is 5.75 Å². The fourth-order valence-corrected chi connectivity index (χ4v) is 2.83. The van der Waals surface area contributed by atoms with Crippen LogP contribution in [0.2, 0.25) is 0 Å². The molecule has 0 spiro atoms. The number of anilines is 2. The van der Waals surface area contributed by atoms with E-state index in [2.05, 4.69) is 15.3 Å². The second-order valence-corrected chi connectivity index (χ2v) is 5.83. The molecule has 1 amide bonds. The third-order valence-corrected chi connectivity index (χ3v) is 4.15. The van der Waals surface area contributed by atoms with E-state index in [1.54, 1.807) is 19.5 Å². The third kappa shape index (κ3) is 3.82. The van der Waals surface area contributed by atoms with Gasteiger partial charge in [-0.15, -0.1) is 0 Å². The lowest BCUT2D eigenvalue weighted by Crippen LogP contribution is -2.32. The standard InChI is InChI=1S/C18H22N4O2/c1-24-16-9-5-4-8-15(16)21-18-19-12-14(13-20-18)17(23)22-10-6-2-3-7-11-22/h4-5,8-9,12-13H,2-3,6-7,10-11H2,1H3,(H,19,20,21). The lowest BCUT2D eigenvalue weighted by molar-refractivity contribution is 0.0761. The van der Waals surface area contributed by atoms with Crippen LogP contribution in [0.1, 0.15) is 36.0 Å². The first-order valence-electron chi connectivity index (χ1n) is 8.29. The highest BCUT2D eigenvalue weighted by Crippen LogP contribution is 2.25. The number of para-hydroxylation sites is 2. The van der Waals surface area contributed by atoms with Crippen LogP contribution in [-0.4, -0.2) is 41.0 Å². The molecular formula is C18H22N4O2. The van der Waals surface area contributed by atoms with E-state index in [0.29, 0.717) is 17.3 Å². The van der Waals surface area contributed by atoms with Gasteiger partial charge in [-0.3, -0.25) is 4.79 Å². The third-order valence-electron chi connectivity index (χ3n) is 4.15. The maximum atomic E-state index is 12.5. The zero-order valence-electron chi connectivity index (χ0n) is 13.9. The minimum Gasteiger partial charge on any atom is -0.495 e. The number of aromatic nitrogens is 2. The van der Waals surface area contributed by atoms with Gasteiger partial charge in [0.15, 0.2) is 0 Å². The first-order chi connectivity index (χ1) is 11.8. The van der Waals surface area contributed by atoms with Crippen molar-refractivity contribution in [2.24, 2.45) is 0 Å². The first-order valence-corrected chi connectivity index (χ1v) is 8.29. The number of amides is 1. The Morgan fingerprint density at radius 1 is 1.08 bits per heavy atom. The Kier molecular flexibility index (Phi) is 5.25. The molecule has 126 valence electrons. The molecule has 0 saturated carbocycles. The van der Waals surface area contributed by atoms with E-state index in [9.17, 15) is 4.79 Å². The van der Waals surface area contributed by atoms with E-state index in [4.69, 9.17) is 4.74 Å². The van der Waals surface area contributed by atoms with Crippen LogP contribution < -0.4 is 10.1 Å². The highest BCUT2D eigenvalue weighted by molar-refractivity contribution is 5.93. The minimum absolute atomic E-state index is 0.0146. The maximum absolute atomic E-state index is 12.5. The number of hydrogen-bond acceptors (Lipinski definition) is 5. The van der Waals surface area contributed by atoms with Crippen LogP contribution in [0.15, 0.2) is 36.7 Å². The number of rotatable bonds is 4. The Morgan fingerprint density at radius 2 is 1.75 bits per heavy atom. The Balaban J connectivity index is 1.69. The number of methoxy groups -OCH3 is 1. The molecule has 1 saturated heterocycles. The van der Waals surface area contributed by atoms with Gasteiger partial charge in [0, 0.05) is 25.5 Å². The van der Waals surface area contributed by atoms with Crippen molar-refractivity contribution >= 4 is 17.5 Å². The fourth-order valence-electron chi connectivity index (χ4n) is 2.83. The van der Waals surface area contributed by atoms with Crippen molar-refractivity contribution in [2.75, 3.05) is 25.5 Å². The molecule has 1 aliphatic heterocycles. The van der Waals surface area contributed by atoms with E-state index < -0.39 is 0 Å². The summed E-state index contributed by atoms with van der Waals surface area (Å²) in [4.78, 5) is 23.0. The van der Waals surface area contributed by atoms with Crippen molar-refractivity contribution in [2.45, 2.75) is 25.7 Å². The summed E-state index contributed by atoms with van der Waals surface area (Å²) >= 11 is 0. The normalized spacial score (nSPS) is 14.8. The van der Waals surface area contributed by atoms with E-state index >= 15 is 0 Å². The van der Waals surface area contributed by atoms with Crippen LogP contribution in [-0.2, 0) is 0 Å². The van der Waals surface area contributed by atoms with Gasteiger partial charge in [0.2, 0.25) is 5.95 Å². The second kappa shape index (κ2) is 7.77. The Bertz CT molecular complexity index is 680. The molecule has 6 nitrogen and oxygen atoms in total. The van der Waals surface area contributed by atoms with Crippen molar-refractivity contribution < 1.29 is 9.53 Å². The summed E-state index contributed by atoms with van der Waals surface area (Å²) in [5.74, 6) is 1.17. The molecule has 24 heavy (non-hydrogen) atoms. The summed E-state index contributed by atoms with van der Waals surface area (Å²) in [6, 6.07) is 7.55. The quantitative estimate of drug-likeness (QED) is 0.934. The molecule has 0 aliphatic carbocycles. The number of nitrogens with one attached hydrogen (secondary N) is 1. The summed E-state index contributed by atoms with van der Waals surface area (Å²) < 4.78 is 5.29. The molecule has 2 heterocycles. The van der Waals surface area contributed by atoms with Gasteiger partial charge < -0.3 is 15.0 Å². The lowest BCUT2D eigenvalue weighted by Gasteiger charge is -2.20. The van der Waals surface area contributed by atoms with E-state index in [-0.39, 0.29) is 5.91 Å². The maximum Gasteiger partial charge on any atom is 0.256 e. The Morgan fingerprint density at radius 3 is 2.42 bits per heavy atom. The van der Waals surface area contributed by atoms with Gasteiger partial charge >= 0.3 is 0 Å². The van der Waals surface area contributed by atoms with Crippen LogP contribution in [0.3, 0.4) is 0 Å². The molecule has 1 aromatic carbocycles. The number of benzene rings is 1. The van der Waals surface area contributed by atoms with Crippen molar-refractivity contribution in [3.8, 4) is 5.75 Å². The zero-order chi connectivity index (χ0) is 16.8. The summed E-state index contributed by atoms with van der Waals surface area (Å²) in [7, 11) is 1.62. The van der Waals surface area contributed by atoms with Crippen LogP contribution in [0, 0.1) is 0 Å². The largest absolute Gasteiger partial charge is 0.495 e. The van der Waals surface area contributed by atoms with Crippen LogP contribution in [0.25, 0.3) is 0 Å². The predicted molar refractivity (Wildman–Crippen MR) is 92.7 cm³/mol. The molecule has 1 N–H and O–H groups in total. The number of carbonyl (C=O) groups is 1.